The summed E-state index contributed by atoms with van der Waals surface area (Å²) in [6, 6.07) is 31.6. The molecule has 0 radical (unpaired) electrons. The number of aryl methyl sites for hydroxylation is 1. The number of allylic oxidation sites excluding steroid dienone is 6. The molecule has 0 saturated carbocycles. The summed E-state index contributed by atoms with van der Waals surface area (Å²) < 4.78 is 4.94. The maximum Gasteiger partial charge on any atom is 0.138 e. The molecule has 9 rings (SSSR count). The van der Waals surface area contributed by atoms with Gasteiger partial charge in [-0.05, 0) is 60.9 Å². The zero-order valence-electron chi connectivity index (χ0n) is 28.1. The highest BCUT2D eigenvalue weighted by Gasteiger charge is 2.35. The molecule has 2 unspecified atom stereocenters. The van der Waals surface area contributed by atoms with Gasteiger partial charge in [0.2, 0.25) is 0 Å². The number of nitrogens with one attached hydrogen (secondary N) is 1. The average molecular weight is 635 g/mol. The maximum atomic E-state index is 4.22. The number of nitrogens with zero attached hydrogens (tertiary/aromatic N) is 3. The molecule has 0 saturated heterocycles. The highest BCUT2D eigenvalue weighted by atomic mass is 15.3. The Kier molecular flexibility index (Phi) is 6.57. The third-order valence-corrected chi connectivity index (χ3v) is 10.6. The largest absolute Gasteiger partial charge is 0.373 e. The zero-order chi connectivity index (χ0) is 33.4. The summed E-state index contributed by atoms with van der Waals surface area (Å²) >= 11 is 0. The van der Waals surface area contributed by atoms with Gasteiger partial charge >= 0.3 is 0 Å². The van der Waals surface area contributed by atoms with Gasteiger partial charge in [-0.2, -0.15) is 0 Å². The van der Waals surface area contributed by atoms with Crippen LogP contribution in [0.15, 0.2) is 158 Å². The number of para-hydroxylation sites is 3. The van der Waals surface area contributed by atoms with Crippen LogP contribution >= 0.6 is 0 Å². The molecule has 3 aliphatic rings. The van der Waals surface area contributed by atoms with E-state index in [1.807, 2.05) is 18.2 Å². The van der Waals surface area contributed by atoms with Crippen molar-refractivity contribution in [2.45, 2.75) is 25.9 Å². The summed E-state index contributed by atoms with van der Waals surface area (Å²) in [5.74, 6) is 1.08. The highest BCUT2D eigenvalue weighted by Crippen LogP contribution is 2.48. The Morgan fingerprint density at radius 2 is 1.47 bits per heavy atom. The Bertz CT molecular complexity index is 2560. The van der Waals surface area contributed by atoms with Crippen molar-refractivity contribution >= 4 is 44.1 Å². The molecule has 4 aromatic carbocycles. The van der Waals surface area contributed by atoms with Crippen LogP contribution in [0, 0.1) is 6.92 Å². The summed E-state index contributed by atoms with van der Waals surface area (Å²) in [7, 11) is 2.21. The van der Waals surface area contributed by atoms with Crippen molar-refractivity contribution in [3.05, 3.63) is 175 Å². The van der Waals surface area contributed by atoms with E-state index < -0.39 is 0 Å². The lowest BCUT2D eigenvalue weighted by Gasteiger charge is -2.43. The first-order valence-corrected chi connectivity index (χ1v) is 17.0. The minimum absolute atomic E-state index is 0.128. The lowest BCUT2D eigenvalue weighted by Crippen LogP contribution is -2.52. The maximum absolute atomic E-state index is 4.22. The van der Waals surface area contributed by atoms with Crippen molar-refractivity contribution in [3.8, 4) is 16.8 Å². The summed E-state index contributed by atoms with van der Waals surface area (Å²) in [6.45, 7) is 12.7. The Morgan fingerprint density at radius 3 is 2.24 bits per heavy atom. The van der Waals surface area contributed by atoms with E-state index in [4.69, 9.17) is 0 Å². The van der Waals surface area contributed by atoms with E-state index in [1.165, 1.54) is 60.9 Å². The Labute approximate surface area is 287 Å². The van der Waals surface area contributed by atoms with Crippen LogP contribution in [-0.2, 0) is 0 Å². The minimum Gasteiger partial charge on any atom is -0.373 e. The van der Waals surface area contributed by atoms with Crippen LogP contribution in [0.4, 0.5) is 0 Å². The van der Waals surface area contributed by atoms with Crippen LogP contribution in [0.2, 0.25) is 0 Å². The second-order valence-electron chi connectivity index (χ2n) is 13.1. The summed E-state index contributed by atoms with van der Waals surface area (Å²) in [5, 5.41) is 7.64. The molecular weight excluding hydrogens is 597 g/mol. The summed E-state index contributed by atoms with van der Waals surface area (Å²) in [5.41, 5.74) is 14.3. The fourth-order valence-corrected chi connectivity index (χ4v) is 8.49. The van der Waals surface area contributed by atoms with Crippen molar-refractivity contribution in [2.75, 3.05) is 7.05 Å². The lowest BCUT2D eigenvalue weighted by molar-refractivity contribution is 0.317. The molecule has 2 atom stereocenters. The Balaban J connectivity index is 1.43. The third kappa shape index (κ3) is 4.04. The smallest absolute Gasteiger partial charge is 0.138 e. The molecule has 0 bridgehead atoms. The fourth-order valence-electron chi connectivity index (χ4n) is 8.49. The molecule has 238 valence electrons. The number of rotatable bonds is 4. The van der Waals surface area contributed by atoms with Gasteiger partial charge in [0.1, 0.15) is 5.82 Å². The monoisotopic (exact) mass is 634 g/mol. The molecule has 2 aliphatic heterocycles. The molecule has 4 heterocycles. The van der Waals surface area contributed by atoms with E-state index >= 15 is 0 Å². The molecule has 4 heteroatoms. The molecule has 6 aromatic rings. The van der Waals surface area contributed by atoms with E-state index in [0.29, 0.717) is 0 Å². The van der Waals surface area contributed by atoms with Crippen molar-refractivity contribution in [3.63, 3.8) is 0 Å². The predicted molar refractivity (Wildman–Crippen MR) is 208 cm³/mol. The number of fused-ring (bicyclic) bond motifs is 11. The van der Waals surface area contributed by atoms with Gasteiger partial charge in [0.15, 0.2) is 0 Å². The summed E-state index contributed by atoms with van der Waals surface area (Å²) in [4.78, 5) is 2.42. The van der Waals surface area contributed by atoms with Gasteiger partial charge in [-0.3, -0.25) is 4.57 Å². The predicted octanol–water partition coefficient (Wildman–Crippen LogP) is 10.3. The topological polar surface area (TPSA) is 25.1 Å². The van der Waals surface area contributed by atoms with Crippen LogP contribution in [0.5, 0.6) is 0 Å². The highest BCUT2D eigenvalue weighted by molar-refractivity contribution is 6.14. The van der Waals surface area contributed by atoms with Gasteiger partial charge in [-0.1, -0.05) is 116 Å². The number of aromatic nitrogens is 2. The van der Waals surface area contributed by atoms with Gasteiger partial charge in [0.25, 0.3) is 0 Å². The second kappa shape index (κ2) is 11.0. The van der Waals surface area contributed by atoms with E-state index in [0.717, 1.165) is 28.1 Å². The van der Waals surface area contributed by atoms with E-state index in [2.05, 4.69) is 169 Å². The molecular formula is C45H38N4. The fraction of sp³-hybridized carbons (Fsp3) is 0.111. The van der Waals surface area contributed by atoms with Crippen molar-refractivity contribution in [1.82, 2.24) is 19.4 Å². The van der Waals surface area contributed by atoms with Gasteiger partial charge < -0.3 is 14.8 Å². The number of hydrogen-bond acceptors (Lipinski definition) is 2. The molecule has 1 aliphatic carbocycles. The van der Waals surface area contributed by atoms with Crippen LogP contribution in [0.25, 0.3) is 60.9 Å². The third-order valence-electron chi connectivity index (χ3n) is 10.6. The van der Waals surface area contributed by atoms with Crippen LogP contribution < -0.4 is 5.32 Å². The molecule has 1 N–H and O–H groups in total. The Hall–Kier alpha value is -6.00. The first kappa shape index (κ1) is 29.2. The van der Waals surface area contributed by atoms with Gasteiger partial charge in [0, 0.05) is 39.9 Å². The second-order valence-corrected chi connectivity index (χ2v) is 13.1. The molecule has 0 spiro atoms. The quantitative estimate of drug-likeness (QED) is 0.195. The first-order valence-electron chi connectivity index (χ1n) is 17.0. The normalized spacial score (nSPS) is 19.1. The van der Waals surface area contributed by atoms with Crippen LogP contribution in [0.1, 0.15) is 23.7 Å². The number of likely N-dealkylation sites (N-methyl/N-ethyl adjacent to an activating group) is 1. The molecule has 2 aromatic heterocycles. The van der Waals surface area contributed by atoms with E-state index in [9.17, 15) is 0 Å². The first-order chi connectivity index (χ1) is 24.0. The SMILES string of the molecule is C=C/C=C(\C=C)C1=C(n2c3ccccc3c3cc4c(cc32)-c2ccccc2-n2c(c(C)c3ccccc32)/C4=C\C)N(C)C2C=CC=CC2N1. The van der Waals surface area contributed by atoms with Gasteiger partial charge in [-0.25, -0.2) is 0 Å². The van der Waals surface area contributed by atoms with Crippen molar-refractivity contribution in [1.29, 1.82) is 0 Å². The van der Waals surface area contributed by atoms with E-state index in [1.54, 1.807) is 0 Å². The van der Waals surface area contributed by atoms with Crippen LogP contribution in [-0.4, -0.2) is 33.2 Å². The molecule has 0 fully saturated rings. The van der Waals surface area contributed by atoms with Gasteiger partial charge in [-0.15, -0.1) is 0 Å². The van der Waals surface area contributed by atoms with Gasteiger partial charge in [0.05, 0.1) is 45.7 Å². The van der Waals surface area contributed by atoms with Crippen molar-refractivity contribution in [2.24, 2.45) is 0 Å². The average Bonchev–Trinajstić information content (AvgIpc) is 3.57. The Morgan fingerprint density at radius 1 is 0.755 bits per heavy atom. The standard InChI is InChI=1S/C45H38N4/c1-6-17-29(7-2)43-45(47(5)41-25-16-12-21-37(41)46-43)49-40-24-15-11-20-33(40)36-26-34-30(8-3)44-28(4)31-18-9-13-22-38(31)48(44)39-23-14-10-19-32(39)35(34)27-42(36)49/h6-27,37,41,46H,1-2H2,3-5H3/b29-17+,30-8-. The lowest BCUT2D eigenvalue weighted by atomic mass is 9.90. The number of benzene rings is 4. The summed E-state index contributed by atoms with van der Waals surface area (Å²) in [6.07, 6.45) is 16.9. The van der Waals surface area contributed by atoms with E-state index in [-0.39, 0.29) is 12.1 Å². The molecule has 49 heavy (non-hydrogen) atoms. The number of hydrogen-bond donors (Lipinski definition) is 1. The molecule has 4 nitrogen and oxygen atoms in total. The molecule has 0 amide bonds. The minimum atomic E-state index is 0.128. The van der Waals surface area contributed by atoms with Crippen molar-refractivity contribution < 1.29 is 0 Å². The zero-order valence-corrected chi connectivity index (χ0v) is 28.1. The van der Waals surface area contributed by atoms with Crippen LogP contribution in [0.3, 0.4) is 0 Å².